The number of carbonyl (C=O) groups excluding carboxylic acids is 1. The van der Waals surface area contributed by atoms with Gasteiger partial charge < -0.3 is 15.2 Å². The molecule has 88 valence electrons. The summed E-state index contributed by atoms with van der Waals surface area (Å²) in [6, 6.07) is 2.42. The molecule has 1 amide bonds. The van der Waals surface area contributed by atoms with E-state index in [0.717, 1.165) is 6.07 Å². The Hall–Kier alpha value is -1.53. The van der Waals surface area contributed by atoms with E-state index in [4.69, 9.17) is 0 Å². The summed E-state index contributed by atoms with van der Waals surface area (Å²) in [5.74, 6) is -1.18. The monoisotopic (exact) mass is 228 g/mol. The lowest BCUT2D eigenvalue weighted by molar-refractivity contribution is 0.0609. The van der Waals surface area contributed by atoms with Crippen molar-refractivity contribution in [3.63, 3.8) is 0 Å². The fourth-order valence-corrected chi connectivity index (χ4v) is 1.11. The first-order chi connectivity index (χ1) is 7.63. The summed E-state index contributed by atoms with van der Waals surface area (Å²) < 4.78 is 17.4. The SMILES string of the molecule is COCC(O)CNC(=O)c1ccnc(F)c1. The van der Waals surface area contributed by atoms with Crippen molar-refractivity contribution in [1.29, 1.82) is 0 Å². The number of nitrogens with one attached hydrogen (secondary N) is 1. The number of nitrogens with zero attached hydrogens (tertiary/aromatic N) is 1. The molecule has 0 saturated heterocycles. The lowest BCUT2D eigenvalue weighted by Gasteiger charge is -2.10. The minimum Gasteiger partial charge on any atom is -0.389 e. The Morgan fingerprint density at radius 3 is 3.12 bits per heavy atom. The fraction of sp³-hybridized carbons (Fsp3) is 0.400. The molecule has 0 aliphatic rings. The van der Waals surface area contributed by atoms with Gasteiger partial charge >= 0.3 is 0 Å². The molecule has 0 aromatic carbocycles. The Labute approximate surface area is 92.3 Å². The number of pyridine rings is 1. The van der Waals surface area contributed by atoms with E-state index in [1.54, 1.807) is 0 Å². The second-order valence-electron chi connectivity index (χ2n) is 3.19. The van der Waals surface area contributed by atoms with Gasteiger partial charge in [-0.15, -0.1) is 0 Å². The van der Waals surface area contributed by atoms with E-state index >= 15 is 0 Å². The molecule has 1 heterocycles. The van der Waals surface area contributed by atoms with Gasteiger partial charge in [0.2, 0.25) is 5.95 Å². The van der Waals surface area contributed by atoms with Crippen LogP contribution >= 0.6 is 0 Å². The minimum atomic E-state index is -0.777. The van der Waals surface area contributed by atoms with Gasteiger partial charge in [0.05, 0.1) is 12.7 Å². The zero-order valence-electron chi connectivity index (χ0n) is 8.81. The van der Waals surface area contributed by atoms with Crippen molar-refractivity contribution in [2.75, 3.05) is 20.3 Å². The number of aliphatic hydroxyl groups excluding tert-OH is 1. The first-order valence-electron chi connectivity index (χ1n) is 4.70. The molecule has 0 fully saturated rings. The normalized spacial score (nSPS) is 12.2. The molecule has 0 saturated carbocycles. The number of ether oxygens (including phenoxy) is 1. The van der Waals surface area contributed by atoms with Gasteiger partial charge in [0, 0.05) is 31.5 Å². The van der Waals surface area contributed by atoms with Crippen molar-refractivity contribution in [2.45, 2.75) is 6.10 Å². The van der Waals surface area contributed by atoms with Gasteiger partial charge in [-0.3, -0.25) is 4.79 Å². The molecule has 1 rings (SSSR count). The van der Waals surface area contributed by atoms with Crippen LogP contribution in [0.2, 0.25) is 0 Å². The number of amides is 1. The van der Waals surface area contributed by atoms with E-state index in [9.17, 15) is 14.3 Å². The number of methoxy groups -OCH3 is 1. The number of carbonyl (C=O) groups is 1. The quantitative estimate of drug-likeness (QED) is 0.693. The maximum atomic E-state index is 12.7. The van der Waals surface area contributed by atoms with Crippen LogP contribution in [-0.2, 0) is 4.74 Å². The Bertz CT molecular complexity index is 360. The molecule has 0 bridgehead atoms. The molecule has 1 unspecified atom stereocenters. The summed E-state index contributed by atoms with van der Waals surface area (Å²) in [4.78, 5) is 14.8. The van der Waals surface area contributed by atoms with E-state index in [-0.39, 0.29) is 18.7 Å². The van der Waals surface area contributed by atoms with E-state index in [2.05, 4.69) is 15.0 Å². The predicted octanol–water partition coefficient (Wildman–Crippen LogP) is -0.0422. The van der Waals surface area contributed by atoms with Crippen LogP contribution in [0, 0.1) is 5.95 Å². The van der Waals surface area contributed by atoms with Gasteiger partial charge in [-0.2, -0.15) is 4.39 Å². The molecule has 0 aliphatic heterocycles. The van der Waals surface area contributed by atoms with Crippen LogP contribution in [0.3, 0.4) is 0 Å². The van der Waals surface area contributed by atoms with Gasteiger partial charge in [0.25, 0.3) is 5.91 Å². The van der Waals surface area contributed by atoms with Crippen LogP contribution in [0.25, 0.3) is 0 Å². The third-order valence-electron chi connectivity index (χ3n) is 1.85. The Kier molecular flexibility index (Phi) is 4.81. The standard InChI is InChI=1S/C10H13FN2O3/c1-16-6-8(14)5-13-10(15)7-2-3-12-9(11)4-7/h2-4,8,14H,5-6H2,1H3,(H,13,15). The van der Waals surface area contributed by atoms with Crippen LogP contribution in [0.15, 0.2) is 18.3 Å². The highest BCUT2D eigenvalue weighted by Crippen LogP contribution is 1.99. The molecule has 2 N–H and O–H groups in total. The van der Waals surface area contributed by atoms with E-state index in [1.807, 2.05) is 0 Å². The summed E-state index contributed by atoms with van der Waals surface area (Å²) in [6.07, 6.45) is 0.427. The number of aromatic nitrogens is 1. The Morgan fingerprint density at radius 1 is 1.75 bits per heavy atom. The van der Waals surface area contributed by atoms with Crippen LogP contribution in [0.4, 0.5) is 4.39 Å². The number of rotatable bonds is 5. The third-order valence-corrected chi connectivity index (χ3v) is 1.85. The van der Waals surface area contributed by atoms with Crippen LogP contribution < -0.4 is 5.32 Å². The lowest BCUT2D eigenvalue weighted by atomic mass is 10.2. The molecule has 0 aliphatic carbocycles. The Morgan fingerprint density at radius 2 is 2.50 bits per heavy atom. The highest BCUT2D eigenvalue weighted by molar-refractivity contribution is 5.93. The zero-order valence-corrected chi connectivity index (χ0v) is 8.81. The van der Waals surface area contributed by atoms with E-state index in [0.29, 0.717) is 0 Å². The summed E-state index contributed by atoms with van der Waals surface area (Å²) in [5.41, 5.74) is 0.164. The molecule has 16 heavy (non-hydrogen) atoms. The molecule has 0 radical (unpaired) electrons. The van der Waals surface area contributed by atoms with Crippen LogP contribution in [0.5, 0.6) is 0 Å². The second kappa shape index (κ2) is 6.14. The average molecular weight is 228 g/mol. The van der Waals surface area contributed by atoms with Crippen LogP contribution in [-0.4, -0.2) is 42.4 Å². The molecule has 5 nitrogen and oxygen atoms in total. The topological polar surface area (TPSA) is 71.5 Å². The summed E-state index contributed by atoms with van der Waals surface area (Å²) in [6.45, 7) is 0.182. The zero-order chi connectivity index (χ0) is 12.0. The van der Waals surface area contributed by atoms with Gasteiger partial charge in [-0.1, -0.05) is 0 Å². The van der Waals surface area contributed by atoms with Crippen molar-refractivity contribution in [1.82, 2.24) is 10.3 Å². The lowest BCUT2D eigenvalue weighted by Crippen LogP contribution is -2.34. The molecule has 1 aromatic rings. The van der Waals surface area contributed by atoms with Gasteiger partial charge in [0.1, 0.15) is 0 Å². The van der Waals surface area contributed by atoms with Gasteiger partial charge in [0.15, 0.2) is 0 Å². The van der Waals surface area contributed by atoms with Crippen molar-refractivity contribution >= 4 is 5.91 Å². The fourth-order valence-electron chi connectivity index (χ4n) is 1.11. The highest BCUT2D eigenvalue weighted by atomic mass is 19.1. The highest BCUT2D eigenvalue weighted by Gasteiger charge is 2.09. The maximum absolute atomic E-state index is 12.7. The van der Waals surface area contributed by atoms with Crippen LogP contribution in [0.1, 0.15) is 10.4 Å². The number of aliphatic hydroxyl groups is 1. The first-order valence-corrected chi connectivity index (χ1v) is 4.70. The Balaban J connectivity index is 2.47. The first kappa shape index (κ1) is 12.5. The number of halogens is 1. The summed E-state index contributed by atoms with van der Waals surface area (Å²) in [7, 11) is 1.45. The largest absolute Gasteiger partial charge is 0.389 e. The molecular weight excluding hydrogens is 215 g/mol. The number of hydrogen-bond donors (Lipinski definition) is 2. The molecule has 1 aromatic heterocycles. The summed E-state index contributed by atoms with van der Waals surface area (Å²) in [5, 5.41) is 11.7. The van der Waals surface area contributed by atoms with Crippen molar-refractivity contribution < 1.29 is 19.0 Å². The molecule has 1 atom stereocenters. The van der Waals surface area contributed by atoms with E-state index in [1.165, 1.54) is 19.4 Å². The maximum Gasteiger partial charge on any atom is 0.251 e. The van der Waals surface area contributed by atoms with Gasteiger partial charge in [-0.25, -0.2) is 4.98 Å². The molecule has 0 spiro atoms. The van der Waals surface area contributed by atoms with E-state index < -0.39 is 18.0 Å². The average Bonchev–Trinajstić information content (AvgIpc) is 2.26. The van der Waals surface area contributed by atoms with Crippen molar-refractivity contribution in [3.05, 3.63) is 29.8 Å². The van der Waals surface area contributed by atoms with Gasteiger partial charge in [-0.05, 0) is 6.07 Å². The minimum absolute atomic E-state index is 0.0522. The molecular formula is C10H13FN2O3. The predicted molar refractivity (Wildman–Crippen MR) is 54.4 cm³/mol. The third kappa shape index (κ3) is 3.92. The second-order valence-corrected chi connectivity index (χ2v) is 3.19. The van der Waals surface area contributed by atoms with Crippen molar-refractivity contribution in [2.24, 2.45) is 0 Å². The smallest absolute Gasteiger partial charge is 0.251 e. The molecule has 6 heteroatoms. The summed E-state index contributed by atoms with van der Waals surface area (Å²) >= 11 is 0. The van der Waals surface area contributed by atoms with Crippen molar-refractivity contribution in [3.8, 4) is 0 Å². The number of hydrogen-bond acceptors (Lipinski definition) is 4.